The molecule has 0 saturated carbocycles. The van der Waals surface area contributed by atoms with E-state index < -0.39 is 11.7 Å². The summed E-state index contributed by atoms with van der Waals surface area (Å²) in [5.41, 5.74) is 10.1. The van der Waals surface area contributed by atoms with Gasteiger partial charge in [-0.3, -0.25) is 4.99 Å². The van der Waals surface area contributed by atoms with E-state index in [0.717, 1.165) is 76.4 Å². The van der Waals surface area contributed by atoms with Gasteiger partial charge < -0.3 is 20.9 Å². The molecule has 0 spiro atoms. The number of rotatable bonds is 9. The van der Waals surface area contributed by atoms with E-state index in [1.165, 1.54) is 22.9 Å². The predicted octanol–water partition coefficient (Wildman–Crippen LogP) is 10.5. The second-order valence-electron chi connectivity index (χ2n) is 13.7. The summed E-state index contributed by atoms with van der Waals surface area (Å²) in [6.45, 7) is 5.35. The van der Waals surface area contributed by atoms with Gasteiger partial charge in [0.2, 0.25) is 0 Å². The smallest absolute Gasteiger partial charge is 0.383 e. The first-order valence-corrected chi connectivity index (χ1v) is 18.3. The normalized spacial score (nSPS) is 11.7. The van der Waals surface area contributed by atoms with Gasteiger partial charge in [0.05, 0.1) is 22.5 Å². The largest absolute Gasteiger partial charge is 0.418 e. The van der Waals surface area contributed by atoms with Crippen LogP contribution in [0.4, 0.5) is 24.5 Å². The van der Waals surface area contributed by atoms with Crippen LogP contribution in [-0.4, -0.2) is 74.9 Å². The molecule has 6 nitrogen and oxygen atoms in total. The highest BCUT2D eigenvalue weighted by Gasteiger charge is 2.33. The van der Waals surface area contributed by atoms with Crippen molar-refractivity contribution >= 4 is 49.5 Å². The number of aliphatic imine (C=N–C) groups is 1. The number of alkyl halides is 3. The lowest BCUT2D eigenvalue weighted by Crippen LogP contribution is -2.20. The summed E-state index contributed by atoms with van der Waals surface area (Å²) in [7, 11) is 8.19. The standard InChI is InChI=1S/C23H23N3.C19H14F3N.C4H12N2/c1-26(2)14-13-24-23-16-22(25-21-10-6-5-9-20(21)23)19-12-11-17-7-3-4-8-18(17)15-19;1-13(15-11-10-14-6-2-3-7-16(14)12-15)23-18-9-5-4-8-17(18)19(20,21)22;1-6(2)4-3-5/h3-12,15-16H,13-14H2,1-2H3,(H,24,25);2-12H,1H3;3-5H2,1-2H3. The zero-order valence-electron chi connectivity index (χ0n) is 32.1. The number of pyridine rings is 1. The monoisotopic (exact) mass is 742 g/mol. The van der Waals surface area contributed by atoms with Crippen LogP contribution in [0, 0.1) is 0 Å². The number of hydrogen-bond acceptors (Lipinski definition) is 6. The van der Waals surface area contributed by atoms with E-state index in [1.54, 1.807) is 13.0 Å². The van der Waals surface area contributed by atoms with Gasteiger partial charge in [-0.25, -0.2) is 4.98 Å². The van der Waals surface area contributed by atoms with Gasteiger partial charge in [-0.1, -0.05) is 103 Å². The van der Waals surface area contributed by atoms with E-state index in [-0.39, 0.29) is 5.69 Å². The fourth-order valence-electron chi connectivity index (χ4n) is 5.96. The Labute approximate surface area is 322 Å². The average Bonchev–Trinajstić information content (AvgIpc) is 3.17. The van der Waals surface area contributed by atoms with E-state index in [2.05, 4.69) is 101 Å². The summed E-state index contributed by atoms with van der Waals surface area (Å²) >= 11 is 0. The molecule has 3 N–H and O–H groups in total. The summed E-state index contributed by atoms with van der Waals surface area (Å²) in [4.78, 5) is 13.3. The predicted molar refractivity (Wildman–Crippen MR) is 227 cm³/mol. The molecule has 0 aliphatic carbocycles. The minimum absolute atomic E-state index is 0.0642. The summed E-state index contributed by atoms with van der Waals surface area (Å²) < 4.78 is 39.1. The zero-order chi connectivity index (χ0) is 39.4. The van der Waals surface area contributed by atoms with Crippen molar-refractivity contribution in [2.45, 2.75) is 13.1 Å². The topological polar surface area (TPSA) is 69.8 Å². The molecule has 1 aromatic heterocycles. The molecule has 0 fully saturated rings. The second-order valence-corrected chi connectivity index (χ2v) is 13.7. The van der Waals surface area contributed by atoms with Gasteiger partial charge in [-0.05, 0) is 98.6 Å². The second kappa shape index (κ2) is 19.1. The molecule has 6 aromatic carbocycles. The van der Waals surface area contributed by atoms with Crippen LogP contribution >= 0.6 is 0 Å². The number of nitrogens with zero attached hydrogens (tertiary/aromatic N) is 4. The highest BCUT2D eigenvalue weighted by Crippen LogP contribution is 2.36. The van der Waals surface area contributed by atoms with Crippen LogP contribution in [0.3, 0.4) is 0 Å². The first-order valence-electron chi connectivity index (χ1n) is 18.3. The lowest BCUT2D eigenvalue weighted by molar-refractivity contribution is -0.137. The Bertz CT molecular complexity index is 2350. The van der Waals surface area contributed by atoms with Crippen molar-refractivity contribution < 1.29 is 13.2 Å². The van der Waals surface area contributed by atoms with Crippen LogP contribution in [-0.2, 0) is 6.18 Å². The molecular weight excluding hydrogens is 694 g/mol. The minimum Gasteiger partial charge on any atom is -0.383 e. The quantitative estimate of drug-likeness (QED) is 0.144. The Morgan fingerprint density at radius 2 is 1.25 bits per heavy atom. The number of benzene rings is 6. The van der Waals surface area contributed by atoms with E-state index in [1.807, 2.05) is 62.6 Å². The summed E-state index contributed by atoms with van der Waals surface area (Å²) in [6.07, 6.45) is -4.41. The molecule has 9 heteroatoms. The molecule has 7 rings (SSSR count). The Kier molecular flexibility index (Phi) is 14.1. The van der Waals surface area contributed by atoms with Gasteiger partial charge in [0.1, 0.15) is 0 Å². The van der Waals surface area contributed by atoms with Crippen molar-refractivity contribution in [3.8, 4) is 11.3 Å². The first kappa shape index (κ1) is 40.6. The van der Waals surface area contributed by atoms with Crippen molar-refractivity contribution in [2.75, 3.05) is 59.7 Å². The van der Waals surface area contributed by atoms with Gasteiger partial charge in [0.25, 0.3) is 0 Å². The number of halogens is 3. The van der Waals surface area contributed by atoms with Gasteiger partial charge in [0.15, 0.2) is 0 Å². The molecule has 284 valence electrons. The van der Waals surface area contributed by atoms with Gasteiger partial charge in [0, 0.05) is 48.5 Å². The molecule has 7 aromatic rings. The van der Waals surface area contributed by atoms with Crippen LogP contribution in [0.5, 0.6) is 0 Å². The van der Waals surface area contributed by atoms with Crippen LogP contribution in [0.15, 0.2) is 145 Å². The number of fused-ring (bicyclic) bond motifs is 3. The van der Waals surface area contributed by atoms with E-state index in [0.29, 0.717) is 5.71 Å². The summed E-state index contributed by atoms with van der Waals surface area (Å²) in [5, 5.41) is 9.35. The Morgan fingerprint density at radius 3 is 1.89 bits per heavy atom. The number of para-hydroxylation sites is 2. The van der Waals surface area contributed by atoms with Crippen LogP contribution < -0.4 is 11.1 Å². The van der Waals surface area contributed by atoms with Gasteiger partial charge in [-0.2, -0.15) is 13.2 Å². The number of nitrogens with one attached hydrogen (secondary N) is 1. The molecule has 0 unspecified atom stereocenters. The Morgan fingerprint density at radius 1 is 0.673 bits per heavy atom. The Hall–Kier alpha value is -5.61. The molecule has 1 heterocycles. The lowest BCUT2D eigenvalue weighted by Gasteiger charge is -2.14. The number of nitrogens with two attached hydrogens (primary N) is 1. The molecule has 0 amide bonds. The molecular formula is C46H49F3N6. The third-order valence-electron chi connectivity index (χ3n) is 8.88. The maximum atomic E-state index is 13.0. The molecule has 0 radical (unpaired) electrons. The third kappa shape index (κ3) is 11.4. The highest BCUT2D eigenvalue weighted by molar-refractivity contribution is 6.03. The third-order valence-corrected chi connectivity index (χ3v) is 8.88. The lowest BCUT2D eigenvalue weighted by atomic mass is 10.0. The molecule has 0 aliphatic rings. The maximum Gasteiger partial charge on any atom is 0.418 e. The average molecular weight is 743 g/mol. The SMILES string of the molecule is CC(=Nc1ccccc1C(F)(F)F)c1ccc2ccccc2c1.CN(C)CCN.CN(C)CCNc1cc(-c2ccc3ccccc3c2)nc2ccccc12. The molecule has 0 saturated heterocycles. The minimum atomic E-state index is -4.41. The van der Waals surface area contributed by atoms with Crippen LogP contribution in [0.25, 0.3) is 43.7 Å². The number of likely N-dealkylation sites (N-methyl/N-ethyl adjacent to an activating group) is 2. The number of hydrogen-bond donors (Lipinski definition) is 2. The van der Waals surface area contributed by atoms with Gasteiger partial charge >= 0.3 is 6.18 Å². The Balaban J connectivity index is 0.000000185. The van der Waals surface area contributed by atoms with E-state index in [4.69, 9.17) is 10.7 Å². The van der Waals surface area contributed by atoms with Crippen molar-refractivity contribution in [3.05, 3.63) is 151 Å². The number of aromatic nitrogens is 1. The van der Waals surface area contributed by atoms with Crippen molar-refractivity contribution in [2.24, 2.45) is 10.7 Å². The van der Waals surface area contributed by atoms with E-state index >= 15 is 0 Å². The fraction of sp³-hybridized carbons (Fsp3) is 0.217. The highest BCUT2D eigenvalue weighted by atomic mass is 19.4. The van der Waals surface area contributed by atoms with Crippen molar-refractivity contribution in [1.82, 2.24) is 14.8 Å². The van der Waals surface area contributed by atoms with Crippen LogP contribution in [0.2, 0.25) is 0 Å². The molecule has 0 atom stereocenters. The van der Waals surface area contributed by atoms with Crippen LogP contribution in [0.1, 0.15) is 18.1 Å². The molecule has 0 aliphatic heterocycles. The zero-order valence-corrected chi connectivity index (χ0v) is 32.1. The summed E-state index contributed by atoms with van der Waals surface area (Å²) in [5.74, 6) is 0. The first-order chi connectivity index (χ1) is 26.4. The maximum absolute atomic E-state index is 13.0. The van der Waals surface area contributed by atoms with Crippen molar-refractivity contribution in [1.29, 1.82) is 0 Å². The van der Waals surface area contributed by atoms with Crippen molar-refractivity contribution in [3.63, 3.8) is 0 Å². The van der Waals surface area contributed by atoms with Gasteiger partial charge in [-0.15, -0.1) is 0 Å². The molecule has 55 heavy (non-hydrogen) atoms. The number of anilines is 1. The summed E-state index contributed by atoms with van der Waals surface area (Å²) in [6, 6.07) is 44.4. The molecule has 0 bridgehead atoms. The fourth-order valence-corrected chi connectivity index (χ4v) is 5.96. The van der Waals surface area contributed by atoms with E-state index in [9.17, 15) is 13.2 Å².